The Balaban J connectivity index is 1.60. The number of nitrogens with one attached hydrogen (secondary N) is 1. The number of hydrogen-bond donors (Lipinski definition) is 1. The van der Waals surface area contributed by atoms with Crippen LogP contribution in [0.15, 0.2) is 66.9 Å². The van der Waals surface area contributed by atoms with Crippen LogP contribution in [-0.2, 0) is 4.79 Å². The third-order valence-electron chi connectivity index (χ3n) is 3.79. The van der Waals surface area contributed by atoms with Gasteiger partial charge in [0.05, 0.1) is 12.7 Å². The van der Waals surface area contributed by atoms with Gasteiger partial charge in [-0.15, -0.1) is 11.3 Å². The molecule has 3 rings (SSSR count). The lowest BCUT2D eigenvalue weighted by Crippen LogP contribution is -2.11. The number of carbonyl (C=O) groups is 1. The Kier molecular flexibility index (Phi) is 6.94. The number of pyridine rings is 1. The van der Waals surface area contributed by atoms with Gasteiger partial charge in [-0.05, 0) is 42.3 Å². The zero-order valence-electron chi connectivity index (χ0n) is 15.2. The van der Waals surface area contributed by atoms with E-state index in [1.54, 1.807) is 35.7 Å². The molecule has 0 spiro atoms. The molecule has 0 atom stereocenters. The normalized spacial score (nSPS) is 10.5. The Hall–Kier alpha value is -3.43. The SMILES string of the molecule is N#CCCCOc1cccnc1NC(=O)C=Cc1ccc(-c2ccccc2)s1. The zero-order chi connectivity index (χ0) is 19.6. The lowest BCUT2D eigenvalue weighted by atomic mass is 10.2. The summed E-state index contributed by atoms with van der Waals surface area (Å²) in [6, 6.07) is 19.7. The first kappa shape index (κ1) is 19.3. The summed E-state index contributed by atoms with van der Waals surface area (Å²) in [5.74, 6) is 0.574. The number of unbranched alkanes of at least 4 members (excludes halogenated alkanes) is 1. The minimum absolute atomic E-state index is 0.282. The van der Waals surface area contributed by atoms with E-state index in [2.05, 4.69) is 28.5 Å². The summed E-state index contributed by atoms with van der Waals surface area (Å²) in [5, 5.41) is 11.3. The fourth-order valence-corrected chi connectivity index (χ4v) is 3.37. The van der Waals surface area contributed by atoms with Crippen molar-refractivity contribution in [3.63, 3.8) is 0 Å². The molecule has 0 saturated heterocycles. The third-order valence-corrected chi connectivity index (χ3v) is 4.89. The van der Waals surface area contributed by atoms with Crippen molar-refractivity contribution in [2.24, 2.45) is 0 Å². The average Bonchev–Trinajstić information content (AvgIpc) is 3.21. The molecule has 0 fully saturated rings. The van der Waals surface area contributed by atoms with E-state index >= 15 is 0 Å². The summed E-state index contributed by atoms with van der Waals surface area (Å²) in [6.45, 7) is 0.398. The van der Waals surface area contributed by atoms with Crippen molar-refractivity contribution in [1.82, 2.24) is 4.98 Å². The second kappa shape index (κ2) is 10.0. The fourth-order valence-electron chi connectivity index (χ4n) is 2.45. The van der Waals surface area contributed by atoms with Crippen LogP contribution in [0.1, 0.15) is 17.7 Å². The smallest absolute Gasteiger partial charge is 0.249 e. The summed E-state index contributed by atoms with van der Waals surface area (Å²) in [4.78, 5) is 18.6. The van der Waals surface area contributed by atoms with Gasteiger partial charge < -0.3 is 10.1 Å². The van der Waals surface area contributed by atoms with Gasteiger partial charge in [0.2, 0.25) is 5.91 Å². The molecule has 28 heavy (non-hydrogen) atoms. The highest BCUT2D eigenvalue weighted by atomic mass is 32.1. The molecule has 3 aromatic rings. The molecule has 0 bridgehead atoms. The molecule has 1 N–H and O–H groups in total. The highest BCUT2D eigenvalue weighted by molar-refractivity contribution is 7.16. The molecule has 0 radical (unpaired) electrons. The minimum Gasteiger partial charge on any atom is -0.490 e. The summed E-state index contributed by atoms with van der Waals surface area (Å²) in [6.07, 6.45) is 5.90. The largest absolute Gasteiger partial charge is 0.490 e. The van der Waals surface area contributed by atoms with Crippen molar-refractivity contribution in [3.8, 4) is 22.3 Å². The van der Waals surface area contributed by atoms with Crippen molar-refractivity contribution < 1.29 is 9.53 Å². The van der Waals surface area contributed by atoms with Gasteiger partial charge in [0.15, 0.2) is 11.6 Å². The molecule has 2 aromatic heterocycles. The molecular formula is C22H19N3O2S. The van der Waals surface area contributed by atoms with Crippen LogP contribution in [0.4, 0.5) is 5.82 Å². The van der Waals surface area contributed by atoms with Crippen LogP contribution in [0.2, 0.25) is 0 Å². The molecule has 0 aliphatic heterocycles. The number of nitriles is 1. The Labute approximate surface area is 167 Å². The van der Waals surface area contributed by atoms with Crippen molar-refractivity contribution in [2.45, 2.75) is 12.8 Å². The number of ether oxygens (including phenoxy) is 1. The van der Waals surface area contributed by atoms with E-state index in [0.29, 0.717) is 31.0 Å². The summed E-state index contributed by atoms with van der Waals surface area (Å²) >= 11 is 1.62. The lowest BCUT2D eigenvalue weighted by molar-refractivity contribution is -0.111. The predicted molar refractivity (Wildman–Crippen MR) is 112 cm³/mol. The molecule has 6 heteroatoms. The van der Waals surface area contributed by atoms with E-state index in [1.165, 1.54) is 6.08 Å². The number of nitrogens with zero attached hydrogens (tertiary/aromatic N) is 2. The highest BCUT2D eigenvalue weighted by Gasteiger charge is 2.07. The lowest BCUT2D eigenvalue weighted by Gasteiger charge is -2.09. The van der Waals surface area contributed by atoms with Crippen LogP contribution in [0.25, 0.3) is 16.5 Å². The number of hydrogen-bond acceptors (Lipinski definition) is 5. The first-order valence-corrected chi connectivity index (χ1v) is 9.67. The van der Waals surface area contributed by atoms with Gasteiger partial charge in [0.1, 0.15) is 0 Å². The monoisotopic (exact) mass is 389 g/mol. The quantitative estimate of drug-likeness (QED) is 0.427. The van der Waals surface area contributed by atoms with E-state index in [1.807, 2.05) is 30.3 Å². The number of rotatable bonds is 8. The molecule has 0 saturated carbocycles. The second-order valence-electron chi connectivity index (χ2n) is 5.85. The second-order valence-corrected chi connectivity index (χ2v) is 6.97. The van der Waals surface area contributed by atoms with E-state index in [4.69, 9.17) is 10.00 Å². The van der Waals surface area contributed by atoms with Gasteiger partial charge in [-0.25, -0.2) is 4.98 Å². The molecule has 1 amide bonds. The van der Waals surface area contributed by atoms with Crippen molar-refractivity contribution in [3.05, 3.63) is 71.7 Å². The van der Waals surface area contributed by atoms with Crippen LogP contribution in [0.3, 0.4) is 0 Å². The third kappa shape index (κ3) is 5.53. The van der Waals surface area contributed by atoms with E-state index in [9.17, 15) is 4.79 Å². The Morgan fingerprint density at radius 3 is 2.86 bits per heavy atom. The maximum Gasteiger partial charge on any atom is 0.249 e. The van der Waals surface area contributed by atoms with Crippen molar-refractivity contribution in [1.29, 1.82) is 5.26 Å². The Bertz CT molecular complexity index is 990. The summed E-state index contributed by atoms with van der Waals surface area (Å²) in [7, 11) is 0. The zero-order valence-corrected chi connectivity index (χ0v) is 16.0. The molecule has 0 aliphatic rings. The minimum atomic E-state index is -0.282. The molecule has 0 aliphatic carbocycles. The molecule has 140 valence electrons. The van der Waals surface area contributed by atoms with Gasteiger partial charge in [0, 0.05) is 28.4 Å². The fraction of sp³-hybridized carbons (Fsp3) is 0.136. The highest BCUT2D eigenvalue weighted by Crippen LogP contribution is 2.28. The van der Waals surface area contributed by atoms with Gasteiger partial charge in [-0.1, -0.05) is 30.3 Å². The molecule has 2 heterocycles. The van der Waals surface area contributed by atoms with Crippen LogP contribution in [0.5, 0.6) is 5.75 Å². The van der Waals surface area contributed by atoms with Gasteiger partial charge in [-0.2, -0.15) is 5.26 Å². The predicted octanol–water partition coefficient (Wildman–Crippen LogP) is 5.14. The number of benzene rings is 1. The van der Waals surface area contributed by atoms with Crippen molar-refractivity contribution >= 4 is 29.1 Å². The molecule has 0 unspecified atom stereocenters. The maximum atomic E-state index is 12.3. The van der Waals surface area contributed by atoms with Crippen molar-refractivity contribution in [2.75, 3.05) is 11.9 Å². The standard InChI is InChI=1S/C22H19N3O2S/c23-14-4-5-16-27-19-9-6-15-24-22(19)25-21(26)13-11-18-10-12-20(28-18)17-7-2-1-3-8-17/h1-3,6-13,15H,4-5,16H2,(H,24,25,26). The van der Waals surface area contributed by atoms with Crippen LogP contribution in [0, 0.1) is 11.3 Å². The number of amides is 1. The summed E-state index contributed by atoms with van der Waals surface area (Å²) < 4.78 is 5.60. The number of aromatic nitrogens is 1. The number of thiophene rings is 1. The maximum absolute atomic E-state index is 12.3. The van der Waals surface area contributed by atoms with Gasteiger partial charge >= 0.3 is 0 Å². The van der Waals surface area contributed by atoms with Crippen LogP contribution in [-0.4, -0.2) is 17.5 Å². The first-order chi connectivity index (χ1) is 13.8. The average molecular weight is 389 g/mol. The molecular weight excluding hydrogens is 370 g/mol. The molecule has 5 nitrogen and oxygen atoms in total. The van der Waals surface area contributed by atoms with E-state index in [-0.39, 0.29) is 5.91 Å². The number of anilines is 1. The van der Waals surface area contributed by atoms with E-state index in [0.717, 1.165) is 15.3 Å². The van der Waals surface area contributed by atoms with Gasteiger partial charge in [0.25, 0.3) is 0 Å². The van der Waals surface area contributed by atoms with Crippen LogP contribution < -0.4 is 10.1 Å². The molecule has 1 aromatic carbocycles. The first-order valence-electron chi connectivity index (χ1n) is 8.85. The Morgan fingerprint density at radius 1 is 1.18 bits per heavy atom. The van der Waals surface area contributed by atoms with E-state index < -0.39 is 0 Å². The Morgan fingerprint density at radius 2 is 2.04 bits per heavy atom. The number of carbonyl (C=O) groups excluding carboxylic acids is 1. The summed E-state index contributed by atoms with van der Waals surface area (Å²) in [5.41, 5.74) is 1.16. The topological polar surface area (TPSA) is 75.0 Å². The van der Waals surface area contributed by atoms with Gasteiger partial charge in [-0.3, -0.25) is 4.79 Å². The van der Waals surface area contributed by atoms with Crippen LogP contribution >= 0.6 is 11.3 Å².